The Kier molecular flexibility index (Phi) is 2.70. The zero-order valence-electron chi connectivity index (χ0n) is 10.6. The monoisotopic (exact) mass is 284 g/mol. The molecule has 0 spiro atoms. The van der Waals surface area contributed by atoms with Crippen molar-refractivity contribution in [1.82, 2.24) is 25.1 Å². The average Bonchev–Trinajstić information content (AvgIpc) is 3.02. The number of nitrogens with one attached hydrogen (secondary N) is 2. The van der Waals surface area contributed by atoms with E-state index in [9.17, 15) is 0 Å². The van der Waals surface area contributed by atoms with Gasteiger partial charge in [-0.25, -0.2) is 15.0 Å². The summed E-state index contributed by atoms with van der Waals surface area (Å²) in [4.78, 5) is 12.8. The normalized spacial score (nSPS) is 14.4. The number of aromatic amines is 1. The van der Waals surface area contributed by atoms with Crippen LogP contribution in [0.4, 0.5) is 11.8 Å². The van der Waals surface area contributed by atoms with E-state index in [2.05, 4.69) is 30.5 Å². The van der Waals surface area contributed by atoms with Gasteiger partial charge in [0.25, 0.3) is 0 Å². The summed E-state index contributed by atoms with van der Waals surface area (Å²) in [6, 6.07) is 1.78. The van der Waals surface area contributed by atoms with Crippen molar-refractivity contribution in [1.29, 1.82) is 0 Å². The number of aromatic nitrogens is 5. The molecule has 4 rings (SSSR count). The van der Waals surface area contributed by atoms with Crippen molar-refractivity contribution < 1.29 is 0 Å². The van der Waals surface area contributed by atoms with E-state index in [0.717, 1.165) is 22.1 Å². The molecule has 0 aliphatic heterocycles. The summed E-state index contributed by atoms with van der Waals surface area (Å²) < 4.78 is 0. The first-order chi connectivity index (χ1) is 9.90. The highest BCUT2D eigenvalue weighted by Crippen LogP contribution is 2.43. The van der Waals surface area contributed by atoms with Crippen molar-refractivity contribution in [3.63, 3.8) is 0 Å². The van der Waals surface area contributed by atoms with Crippen molar-refractivity contribution in [2.45, 2.75) is 18.8 Å². The van der Waals surface area contributed by atoms with Gasteiger partial charge in [0.15, 0.2) is 0 Å². The Balaban J connectivity index is 1.60. The van der Waals surface area contributed by atoms with E-state index in [1.165, 1.54) is 12.8 Å². The number of nitrogens with zero attached hydrogens (tertiary/aromatic N) is 4. The molecule has 1 saturated carbocycles. The van der Waals surface area contributed by atoms with Crippen molar-refractivity contribution in [2.75, 3.05) is 5.32 Å². The van der Waals surface area contributed by atoms with Gasteiger partial charge in [-0.05, 0) is 18.9 Å². The minimum absolute atomic E-state index is 0.555. The van der Waals surface area contributed by atoms with Crippen LogP contribution in [0, 0.1) is 0 Å². The molecule has 1 fully saturated rings. The molecule has 0 atom stereocenters. The lowest BCUT2D eigenvalue weighted by atomic mass is 10.2. The minimum atomic E-state index is 0.555. The fourth-order valence-electron chi connectivity index (χ4n) is 2.07. The molecule has 6 nitrogen and oxygen atoms in total. The molecule has 3 heterocycles. The third kappa shape index (κ3) is 2.16. The Labute approximate surface area is 119 Å². The predicted octanol–water partition coefficient (Wildman–Crippen LogP) is 2.94. The Bertz CT molecular complexity index is 715. The van der Waals surface area contributed by atoms with Crippen LogP contribution in [0.15, 0.2) is 30.0 Å². The Morgan fingerprint density at radius 1 is 1.25 bits per heavy atom. The topological polar surface area (TPSA) is 79.4 Å². The SMILES string of the molecule is c1cnc(Nc2csc(-c3c[nH]nc3C3CC3)n2)nc1. The Morgan fingerprint density at radius 3 is 2.90 bits per heavy atom. The molecular weight excluding hydrogens is 272 g/mol. The molecule has 100 valence electrons. The summed E-state index contributed by atoms with van der Waals surface area (Å²) >= 11 is 1.60. The third-order valence-electron chi connectivity index (χ3n) is 3.17. The number of anilines is 2. The van der Waals surface area contributed by atoms with Crippen LogP contribution in [0.3, 0.4) is 0 Å². The third-order valence-corrected chi connectivity index (χ3v) is 4.05. The molecule has 0 bridgehead atoms. The molecular formula is C13H12N6S. The van der Waals surface area contributed by atoms with Gasteiger partial charge in [0.05, 0.1) is 11.3 Å². The van der Waals surface area contributed by atoms with Gasteiger partial charge in [-0.2, -0.15) is 5.10 Å². The Morgan fingerprint density at radius 2 is 2.10 bits per heavy atom. The highest BCUT2D eigenvalue weighted by Gasteiger charge is 2.29. The smallest absolute Gasteiger partial charge is 0.228 e. The molecule has 0 amide bonds. The maximum absolute atomic E-state index is 4.59. The van der Waals surface area contributed by atoms with Crippen LogP contribution in [-0.4, -0.2) is 25.1 Å². The summed E-state index contributed by atoms with van der Waals surface area (Å²) in [6.07, 6.45) is 7.78. The molecule has 0 unspecified atom stereocenters. The molecule has 3 aromatic heterocycles. The first kappa shape index (κ1) is 11.5. The lowest BCUT2D eigenvalue weighted by Crippen LogP contribution is -1.95. The fourth-order valence-corrected chi connectivity index (χ4v) is 2.85. The summed E-state index contributed by atoms with van der Waals surface area (Å²) in [5, 5.41) is 13.3. The number of thiazole rings is 1. The number of hydrogen-bond acceptors (Lipinski definition) is 6. The zero-order valence-corrected chi connectivity index (χ0v) is 11.4. The van der Waals surface area contributed by atoms with Gasteiger partial charge in [0, 0.05) is 29.9 Å². The Hall–Kier alpha value is -2.28. The summed E-state index contributed by atoms with van der Waals surface area (Å²) in [6.45, 7) is 0. The van der Waals surface area contributed by atoms with Crippen LogP contribution >= 0.6 is 11.3 Å². The van der Waals surface area contributed by atoms with E-state index in [-0.39, 0.29) is 0 Å². The van der Waals surface area contributed by atoms with Crippen LogP contribution in [-0.2, 0) is 0 Å². The highest BCUT2D eigenvalue weighted by atomic mass is 32.1. The van der Waals surface area contributed by atoms with E-state index in [4.69, 9.17) is 0 Å². The van der Waals surface area contributed by atoms with Gasteiger partial charge in [0.1, 0.15) is 10.8 Å². The summed E-state index contributed by atoms with van der Waals surface area (Å²) in [5.41, 5.74) is 2.25. The average molecular weight is 284 g/mol. The lowest BCUT2D eigenvalue weighted by Gasteiger charge is -1.99. The molecule has 2 N–H and O–H groups in total. The van der Waals surface area contributed by atoms with Gasteiger partial charge < -0.3 is 5.32 Å². The maximum atomic E-state index is 4.59. The van der Waals surface area contributed by atoms with Crippen molar-refractivity contribution in [2.24, 2.45) is 0 Å². The van der Waals surface area contributed by atoms with E-state index in [1.807, 2.05) is 11.6 Å². The molecule has 20 heavy (non-hydrogen) atoms. The van der Waals surface area contributed by atoms with Gasteiger partial charge in [0.2, 0.25) is 5.95 Å². The zero-order chi connectivity index (χ0) is 13.4. The van der Waals surface area contributed by atoms with Crippen LogP contribution in [0.25, 0.3) is 10.6 Å². The summed E-state index contributed by atoms with van der Waals surface area (Å²) in [5.74, 6) is 1.92. The maximum Gasteiger partial charge on any atom is 0.228 e. The molecule has 0 radical (unpaired) electrons. The molecule has 1 aliphatic rings. The van der Waals surface area contributed by atoms with Gasteiger partial charge in [-0.15, -0.1) is 11.3 Å². The van der Waals surface area contributed by atoms with E-state index >= 15 is 0 Å². The van der Waals surface area contributed by atoms with E-state index < -0.39 is 0 Å². The van der Waals surface area contributed by atoms with Gasteiger partial charge >= 0.3 is 0 Å². The fraction of sp³-hybridized carbons (Fsp3) is 0.231. The lowest BCUT2D eigenvalue weighted by molar-refractivity contribution is 0.966. The number of H-pyrrole nitrogens is 1. The standard InChI is InChI=1S/C13H12N6S/c1-4-14-13(15-5-1)18-10-7-20-12(17-10)9-6-16-19-11(9)8-2-3-8/h1,4-8H,2-3H2,(H,16,19)(H,14,15,18). The van der Waals surface area contributed by atoms with Gasteiger partial charge in [-0.1, -0.05) is 0 Å². The van der Waals surface area contributed by atoms with Crippen molar-refractivity contribution in [3.05, 3.63) is 35.7 Å². The van der Waals surface area contributed by atoms with Crippen LogP contribution in [0.5, 0.6) is 0 Å². The van der Waals surface area contributed by atoms with E-state index in [1.54, 1.807) is 29.8 Å². The number of hydrogen-bond donors (Lipinski definition) is 2. The second-order valence-corrected chi connectivity index (χ2v) is 5.55. The van der Waals surface area contributed by atoms with Crippen molar-refractivity contribution >= 4 is 23.1 Å². The predicted molar refractivity (Wildman–Crippen MR) is 77.0 cm³/mol. The largest absolute Gasteiger partial charge is 0.308 e. The molecule has 0 saturated heterocycles. The first-order valence-electron chi connectivity index (χ1n) is 6.44. The van der Waals surface area contributed by atoms with Crippen LogP contribution in [0.2, 0.25) is 0 Å². The molecule has 1 aliphatic carbocycles. The number of rotatable bonds is 4. The highest BCUT2D eigenvalue weighted by molar-refractivity contribution is 7.13. The van der Waals surface area contributed by atoms with E-state index in [0.29, 0.717) is 11.9 Å². The minimum Gasteiger partial charge on any atom is -0.308 e. The van der Waals surface area contributed by atoms with Crippen molar-refractivity contribution in [3.8, 4) is 10.6 Å². The second kappa shape index (κ2) is 4.68. The van der Waals surface area contributed by atoms with Crippen LogP contribution in [0.1, 0.15) is 24.5 Å². The first-order valence-corrected chi connectivity index (χ1v) is 7.32. The quantitative estimate of drug-likeness (QED) is 0.770. The van der Waals surface area contributed by atoms with Crippen LogP contribution < -0.4 is 5.32 Å². The van der Waals surface area contributed by atoms with Gasteiger partial charge in [-0.3, -0.25) is 5.10 Å². The summed E-state index contributed by atoms with van der Waals surface area (Å²) in [7, 11) is 0. The molecule has 0 aromatic carbocycles. The second-order valence-electron chi connectivity index (χ2n) is 4.69. The molecule has 7 heteroatoms. The molecule has 3 aromatic rings.